The molecule has 116 valence electrons. The average molecular weight is 290 g/mol. The number of benzene rings is 1. The van der Waals surface area contributed by atoms with Crippen LogP contribution in [0, 0.1) is 0 Å². The summed E-state index contributed by atoms with van der Waals surface area (Å²) in [6, 6.07) is 6.62. The van der Waals surface area contributed by atoms with E-state index >= 15 is 0 Å². The second-order valence-corrected chi connectivity index (χ2v) is 5.59. The number of fused-ring (bicyclic) bond motifs is 1. The van der Waals surface area contributed by atoms with Crippen molar-refractivity contribution in [1.29, 1.82) is 0 Å². The normalized spacial score (nSPS) is 17.1. The largest absolute Gasteiger partial charge is 0.484 e. The second kappa shape index (κ2) is 8.03. The number of hydrogen-bond acceptors (Lipinski definition) is 3. The van der Waals surface area contributed by atoms with Gasteiger partial charge in [0.1, 0.15) is 5.75 Å². The standard InChI is InChI=1S/C17H26N2O2/c1-3-4-10-19-17(20)12-21-14-8-9-15-13(11-14)6-5-7-16(15)18-2/h8-9,11,16,18H,3-7,10,12H2,1-2H3,(H,19,20). The van der Waals surface area contributed by atoms with E-state index in [1.54, 1.807) is 0 Å². The monoisotopic (exact) mass is 290 g/mol. The summed E-state index contributed by atoms with van der Waals surface area (Å²) in [6.07, 6.45) is 5.56. The lowest BCUT2D eigenvalue weighted by atomic mass is 9.87. The summed E-state index contributed by atoms with van der Waals surface area (Å²) >= 11 is 0. The van der Waals surface area contributed by atoms with E-state index in [0.717, 1.165) is 31.6 Å². The van der Waals surface area contributed by atoms with Crippen molar-refractivity contribution in [3.63, 3.8) is 0 Å². The van der Waals surface area contributed by atoms with Gasteiger partial charge in [0.05, 0.1) is 0 Å². The van der Waals surface area contributed by atoms with Crippen LogP contribution >= 0.6 is 0 Å². The molecular formula is C17H26N2O2. The summed E-state index contributed by atoms with van der Waals surface area (Å²) in [5.41, 5.74) is 2.70. The molecule has 1 amide bonds. The third-order valence-electron chi connectivity index (χ3n) is 4.00. The summed E-state index contributed by atoms with van der Waals surface area (Å²) in [7, 11) is 2.00. The lowest BCUT2D eigenvalue weighted by Gasteiger charge is -2.25. The maximum Gasteiger partial charge on any atom is 0.257 e. The molecule has 21 heavy (non-hydrogen) atoms. The van der Waals surface area contributed by atoms with E-state index in [4.69, 9.17) is 4.74 Å². The summed E-state index contributed by atoms with van der Waals surface area (Å²) in [6.45, 7) is 2.93. The Morgan fingerprint density at radius 2 is 2.29 bits per heavy atom. The molecule has 0 spiro atoms. The minimum atomic E-state index is -0.0470. The lowest BCUT2D eigenvalue weighted by Crippen LogP contribution is -2.29. The van der Waals surface area contributed by atoms with Crippen molar-refractivity contribution in [1.82, 2.24) is 10.6 Å². The summed E-state index contributed by atoms with van der Waals surface area (Å²) in [5, 5.41) is 6.21. The number of hydrogen-bond donors (Lipinski definition) is 2. The molecule has 1 aliphatic rings. The van der Waals surface area contributed by atoms with E-state index in [0.29, 0.717) is 6.04 Å². The predicted octanol–water partition coefficient (Wildman–Crippen LogP) is 2.58. The van der Waals surface area contributed by atoms with Crippen molar-refractivity contribution in [2.45, 2.75) is 45.1 Å². The van der Waals surface area contributed by atoms with Crippen LogP contribution in [-0.2, 0) is 11.2 Å². The molecule has 0 aliphatic heterocycles. The first-order valence-corrected chi connectivity index (χ1v) is 7.94. The third kappa shape index (κ3) is 4.46. The van der Waals surface area contributed by atoms with Crippen molar-refractivity contribution in [2.24, 2.45) is 0 Å². The van der Waals surface area contributed by atoms with Gasteiger partial charge in [0.15, 0.2) is 6.61 Å². The molecule has 0 saturated heterocycles. The Bertz CT molecular complexity index is 474. The van der Waals surface area contributed by atoms with E-state index in [1.807, 2.05) is 13.1 Å². The summed E-state index contributed by atoms with van der Waals surface area (Å²) in [5.74, 6) is 0.741. The zero-order valence-corrected chi connectivity index (χ0v) is 13.1. The van der Waals surface area contributed by atoms with Gasteiger partial charge in [-0.25, -0.2) is 0 Å². The van der Waals surface area contributed by atoms with E-state index < -0.39 is 0 Å². The van der Waals surface area contributed by atoms with Crippen LogP contribution in [0.25, 0.3) is 0 Å². The second-order valence-electron chi connectivity index (χ2n) is 5.59. The van der Waals surface area contributed by atoms with Crippen LogP contribution in [0.15, 0.2) is 18.2 Å². The molecule has 0 fully saturated rings. The number of aryl methyl sites for hydroxylation is 1. The number of nitrogens with one attached hydrogen (secondary N) is 2. The molecule has 4 nitrogen and oxygen atoms in total. The van der Waals surface area contributed by atoms with Crippen molar-refractivity contribution >= 4 is 5.91 Å². The van der Waals surface area contributed by atoms with E-state index in [-0.39, 0.29) is 12.5 Å². The van der Waals surface area contributed by atoms with E-state index in [1.165, 1.54) is 24.0 Å². The van der Waals surface area contributed by atoms with Crippen molar-refractivity contribution < 1.29 is 9.53 Å². The van der Waals surface area contributed by atoms with Crippen LogP contribution < -0.4 is 15.4 Å². The predicted molar refractivity (Wildman–Crippen MR) is 84.6 cm³/mol. The zero-order chi connectivity index (χ0) is 15.1. The zero-order valence-electron chi connectivity index (χ0n) is 13.1. The van der Waals surface area contributed by atoms with Crippen LogP contribution in [-0.4, -0.2) is 26.1 Å². The van der Waals surface area contributed by atoms with Crippen molar-refractivity contribution in [2.75, 3.05) is 20.2 Å². The maximum atomic E-state index is 11.6. The number of ether oxygens (including phenoxy) is 1. The quantitative estimate of drug-likeness (QED) is 0.759. The number of unbranched alkanes of at least 4 members (excludes halogenated alkanes) is 1. The van der Waals surface area contributed by atoms with Gasteiger partial charge in [-0.15, -0.1) is 0 Å². The Kier molecular flexibility index (Phi) is 6.05. The van der Waals surface area contributed by atoms with Gasteiger partial charge in [-0.2, -0.15) is 0 Å². The van der Waals surface area contributed by atoms with Gasteiger partial charge in [0.25, 0.3) is 5.91 Å². The fourth-order valence-electron chi connectivity index (χ4n) is 2.78. The molecule has 0 bridgehead atoms. The Balaban J connectivity index is 1.89. The SMILES string of the molecule is CCCCNC(=O)COc1ccc2c(c1)CCCC2NC. The van der Waals surface area contributed by atoms with Crippen molar-refractivity contribution in [3.8, 4) is 5.75 Å². The number of carbonyl (C=O) groups is 1. The topological polar surface area (TPSA) is 50.4 Å². The molecule has 1 aromatic carbocycles. The molecular weight excluding hydrogens is 264 g/mol. The average Bonchev–Trinajstić information content (AvgIpc) is 2.52. The van der Waals surface area contributed by atoms with Gasteiger partial charge in [0, 0.05) is 12.6 Å². The highest BCUT2D eigenvalue weighted by Gasteiger charge is 2.19. The first-order valence-electron chi connectivity index (χ1n) is 7.94. The highest BCUT2D eigenvalue weighted by atomic mass is 16.5. The highest BCUT2D eigenvalue weighted by Crippen LogP contribution is 2.31. The van der Waals surface area contributed by atoms with E-state index in [9.17, 15) is 4.79 Å². The fraction of sp³-hybridized carbons (Fsp3) is 0.588. The third-order valence-corrected chi connectivity index (χ3v) is 4.00. The van der Waals surface area contributed by atoms with E-state index in [2.05, 4.69) is 29.7 Å². The van der Waals surface area contributed by atoms with Gasteiger partial charge in [-0.3, -0.25) is 4.79 Å². The van der Waals surface area contributed by atoms with Gasteiger partial charge < -0.3 is 15.4 Å². The first kappa shape index (κ1) is 15.8. The number of amides is 1. The molecule has 0 heterocycles. The van der Waals surface area contributed by atoms with Gasteiger partial charge in [-0.05, 0) is 56.0 Å². The molecule has 1 atom stereocenters. The summed E-state index contributed by atoms with van der Waals surface area (Å²) < 4.78 is 5.60. The van der Waals surface area contributed by atoms with Crippen molar-refractivity contribution in [3.05, 3.63) is 29.3 Å². The maximum absolute atomic E-state index is 11.6. The summed E-state index contributed by atoms with van der Waals surface area (Å²) in [4.78, 5) is 11.6. The van der Waals surface area contributed by atoms with Crippen LogP contribution in [0.3, 0.4) is 0 Å². The molecule has 0 saturated carbocycles. The van der Waals surface area contributed by atoms with Crippen LogP contribution in [0.5, 0.6) is 5.75 Å². The Hall–Kier alpha value is -1.55. The Labute approximate surface area is 127 Å². The van der Waals surface area contributed by atoms with Crippen LogP contribution in [0.1, 0.15) is 49.8 Å². The molecule has 2 rings (SSSR count). The molecule has 4 heteroatoms. The van der Waals surface area contributed by atoms with Crippen LogP contribution in [0.4, 0.5) is 0 Å². The smallest absolute Gasteiger partial charge is 0.257 e. The Morgan fingerprint density at radius 1 is 1.43 bits per heavy atom. The van der Waals surface area contributed by atoms with Gasteiger partial charge >= 0.3 is 0 Å². The van der Waals surface area contributed by atoms with Gasteiger partial charge in [0.2, 0.25) is 0 Å². The molecule has 0 aromatic heterocycles. The minimum absolute atomic E-state index is 0.0470. The molecule has 1 unspecified atom stereocenters. The van der Waals surface area contributed by atoms with Gasteiger partial charge in [-0.1, -0.05) is 19.4 Å². The minimum Gasteiger partial charge on any atom is -0.484 e. The molecule has 1 aromatic rings. The molecule has 1 aliphatic carbocycles. The highest BCUT2D eigenvalue weighted by molar-refractivity contribution is 5.77. The lowest BCUT2D eigenvalue weighted by molar-refractivity contribution is -0.123. The fourth-order valence-corrected chi connectivity index (χ4v) is 2.78. The number of rotatable bonds is 7. The first-order chi connectivity index (χ1) is 10.2. The Morgan fingerprint density at radius 3 is 3.05 bits per heavy atom. The molecule has 0 radical (unpaired) electrons. The van der Waals surface area contributed by atoms with Crippen LogP contribution in [0.2, 0.25) is 0 Å². The number of carbonyl (C=O) groups excluding carboxylic acids is 1. The molecule has 2 N–H and O–H groups in total.